The van der Waals surface area contributed by atoms with Crippen LogP contribution in [0.1, 0.15) is 13.3 Å². The molecule has 2 aliphatic rings. The highest BCUT2D eigenvalue weighted by Crippen LogP contribution is 2.17. The van der Waals surface area contributed by atoms with Crippen LogP contribution in [0.25, 0.3) is 0 Å². The Morgan fingerprint density at radius 2 is 2.15 bits per heavy atom. The van der Waals surface area contributed by atoms with E-state index < -0.39 is 0 Å². The van der Waals surface area contributed by atoms with Gasteiger partial charge in [-0.1, -0.05) is 6.07 Å². The highest BCUT2D eigenvalue weighted by atomic mass is 127. The molecule has 1 atom stereocenters. The van der Waals surface area contributed by atoms with Crippen molar-refractivity contribution in [3.8, 4) is 5.75 Å². The van der Waals surface area contributed by atoms with Crippen LogP contribution in [0.5, 0.6) is 5.75 Å². The zero-order valence-electron chi connectivity index (χ0n) is 15.9. The summed E-state index contributed by atoms with van der Waals surface area (Å²) < 4.78 is 24.2. The molecule has 6 nitrogen and oxygen atoms in total. The number of halogens is 2. The van der Waals surface area contributed by atoms with E-state index >= 15 is 0 Å². The van der Waals surface area contributed by atoms with Gasteiger partial charge in [-0.3, -0.25) is 4.90 Å². The first-order valence-corrected chi connectivity index (χ1v) is 9.49. The molecule has 2 fully saturated rings. The SMILES string of the molecule is CCNC(=NCCOc1cccc(F)c1)N1CCC(N2CCOCC2)C1.I. The van der Waals surface area contributed by atoms with Gasteiger partial charge in [-0.05, 0) is 25.5 Å². The fourth-order valence-corrected chi connectivity index (χ4v) is 3.47. The molecule has 3 rings (SSSR count). The fraction of sp³-hybridized carbons (Fsp3) is 0.632. The third-order valence-electron chi connectivity index (χ3n) is 4.78. The molecule has 0 aliphatic carbocycles. The number of likely N-dealkylation sites (tertiary alicyclic amines) is 1. The zero-order chi connectivity index (χ0) is 18.2. The molecule has 1 aromatic rings. The van der Waals surface area contributed by atoms with E-state index in [2.05, 4.69) is 27.0 Å². The Morgan fingerprint density at radius 3 is 2.89 bits per heavy atom. The number of ether oxygens (including phenoxy) is 2. The van der Waals surface area contributed by atoms with Crippen molar-refractivity contribution < 1.29 is 13.9 Å². The van der Waals surface area contributed by atoms with Crippen LogP contribution >= 0.6 is 24.0 Å². The van der Waals surface area contributed by atoms with Gasteiger partial charge in [0.25, 0.3) is 0 Å². The van der Waals surface area contributed by atoms with Crippen molar-refractivity contribution in [2.45, 2.75) is 19.4 Å². The van der Waals surface area contributed by atoms with E-state index in [0.29, 0.717) is 24.9 Å². The molecule has 1 aromatic carbocycles. The molecule has 0 saturated carbocycles. The quantitative estimate of drug-likeness (QED) is 0.286. The van der Waals surface area contributed by atoms with Crippen molar-refractivity contribution in [3.63, 3.8) is 0 Å². The number of benzene rings is 1. The van der Waals surface area contributed by atoms with Crippen LogP contribution in [0.3, 0.4) is 0 Å². The number of nitrogens with zero attached hydrogens (tertiary/aromatic N) is 3. The highest BCUT2D eigenvalue weighted by Gasteiger charge is 2.30. The summed E-state index contributed by atoms with van der Waals surface area (Å²) in [5, 5.41) is 3.37. The van der Waals surface area contributed by atoms with E-state index in [4.69, 9.17) is 9.47 Å². The number of rotatable bonds is 6. The van der Waals surface area contributed by atoms with Gasteiger partial charge in [0.2, 0.25) is 0 Å². The van der Waals surface area contributed by atoms with E-state index in [-0.39, 0.29) is 29.8 Å². The lowest BCUT2D eigenvalue weighted by molar-refractivity contribution is 0.0195. The lowest BCUT2D eigenvalue weighted by atomic mass is 10.2. The first-order valence-electron chi connectivity index (χ1n) is 9.49. The smallest absolute Gasteiger partial charge is 0.194 e. The first-order chi connectivity index (χ1) is 12.8. The van der Waals surface area contributed by atoms with Crippen molar-refractivity contribution >= 4 is 29.9 Å². The van der Waals surface area contributed by atoms with Crippen LogP contribution < -0.4 is 10.1 Å². The Hall–Kier alpha value is -1.13. The van der Waals surface area contributed by atoms with Crippen LogP contribution in [0.15, 0.2) is 29.3 Å². The molecule has 0 bridgehead atoms. The summed E-state index contributed by atoms with van der Waals surface area (Å²) in [7, 11) is 0. The standard InChI is InChI=1S/C19H29FN4O2.HI/c1-2-21-19(22-7-11-26-18-5-3-4-16(20)14-18)24-8-6-17(15-24)23-9-12-25-13-10-23;/h3-5,14,17H,2,6-13,15H2,1H3,(H,21,22);1H. The third kappa shape index (κ3) is 6.76. The lowest BCUT2D eigenvalue weighted by Gasteiger charge is -2.32. The molecule has 27 heavy (non-hydrogen) atoms. The monoisotopic (exact) mass is 492 g/mol. The third-order valence-corrected chi connectivity index (χ3v) is 4.78. The molecule has 8 heteroatoms. The van der Waals surface area contributed by atoms with Gasteiger partial charge in [-0.25, -0.2) is 9.38 Å². The van der Waals surface area contributed by atoms with E-state index in [0.717, 1.165) is 58.3 Å². The van der Waals surface area contributed by atoms with E-state index in [1.54, 1.807) is 12.1 Å². The summed E-state index contributed by atoms with van der Waals surface area (Å²) in [6.45, 7) is 9.61. The molecule has 2 aliphatic heterocycles. The predicted molar refractivity (Wildman–Crippen MR) is 116 cm³/mol. The summed E-state index contributed by atoms with van der Waals surface area (Å²) in [5.74, 6) is 1.19. The second-order valence-electron chi connectivity index (χ2n) is 6.58. The molecule has 2 heterocycles. The van der Waals surface area contributed by atoms with Gasteiger partial charge in [0.1, 0.15) is 18.2 Å². The number of morpholine rings is 1. The molecular weight excluding hydrogens is 462 g/mol. The maximum atomic E-state index is 13.2. The summed E-state index contributed by atoms with van der Waals surface area (Å²) in [5.41, 5.74) is 0. The minimum atomic E-state index is -0.287. The number of hydrogen-bond donors (Lipinski definition) is 1. The minimum absolute atomic E-state index is 0. The Labute approximate surface area is 178 Å². The van der Waals surface area contributed by atoms with Gasteiger partial charge in [0.15, 0.2) is 5.96 Å². The molecule has 1 N–H and O–H groups in total. The Kier molecular flexibility index (Phi) is 9.57. The van der Waals surface area contributed by atoms with Crippen LogP contribution in [0.2, 0.25) is 0 Å². The van der Waals surface area contributed by atoms with Gasteiger partial charge in [0.05, 0.1) is 19.8 Å². The molecule has 0 radical (unpaired) electrons. The second-order valence-corrected chi connectivity index (χ2v) is 6.58. The van der Waals surface area contributed by atoms with Crippen molar-refractivity contribution in [2.24, 2.45) is 4.99 Å². The summed E-state index contributed by atoms with van der Waals surface area (Å²) in [4.78, 5) is 9.54. The zero-order valence-corrected chi connectivity index (χ0v) is 18.2. The Morgan fingerprint density at radius 1 is 1.33 bits per heavy atom. The number of aliphatic imine (C=N–C) groups is 1. The molecule has 1 unspecified atom stereocenters. The summed E-state index contributed by atoms with van der Waals surface area (Å²) in [6, 6.07) is 6.78. The minimum Gasteiger partial charge on any atom is -0.492 e. The molecule has 0 spiro atoms. The maximum absolute atomic E-state index is 13.2. The topological polar surface area (TPSA) is 49.3 Å². The maximum Gasteiger partial charge on any atom is 0.194 e. The van der Waals surface area contributed by atoms with E-state index in [9.17, 15) is 4.39 Å². The number of hydrogen-bond acceptors (Lipinski definition) is 4. The largest absolute Gasteiger partial charge is 0.492 e. The second kappa shape index (κ2) is 11.7. The van der Waals surface area contributed by atoms with E-state index in [1.807, 2.05) is 0 Å². The van der Waals surface area contributed by atoms with Crippen molar-refractivity contribution in [3.05, 3.63) is 30.1 Å². The van der Waals surface area contributed by atoms with Gasteiger partial charge in [0, 0.05) is 44.8 Å². The van der Waals surface area contributed by atoms with Crippen LogP contribution in [0, 0.1) is 5.82 Å². The molecule has 0 aromatic heterocycles. The van der Waals surface area contributed by atoms with E-state index in [1.165, 1.54) is 12.1 Å². The normalized spacial score (nSPS) is 21.0. The molecule has 0 amide bonds. The Bertz CT molecular complexity index is 599. The Balaban J connectivity index is 0.00000261. The van der Waals surface area contributed by atoms with Crippen LogP contribution in [-0.4, -0.2) is 80.9 Å². The van der Waals surface area contributed by atoms with Gasteiger partial charge in [-0.2, -0.15) is 0 Å². The number of nitrogens with one attached hydrogen (secondary N) is 1. The first kappa shape index (κ1) is 22.2. The fourth-order valence-electron chi connectivity index (χ4n) is 3.47. The average molecular weight is 492 g/mol. The van der Waals surface area contributed by atoms with Gasteiger partial charge >= 0.3 is 0 Å². The van der Waals surface area contributed by atoms with Crippen molar-refractivity contribution in [1.82, 2.24) is 15.1 Å². The highest BCUT2D eigenvalue weighted by molar-refractivity contribution is 14.0. The van der Waals surface area contributed by atoms with Crippen LogP contribution in [-0.2, 0) is 4.74 Å². The average Bonchev–Trinajstić information content (AvgIpc) is 3.15. The molecule has 2 saturated heterocycles. The predicted octanol–water partition coefficient (Wildman–Crippen LogP) is 2.19. The number of guanidine groups is 1. The van der Waals surface area contributed by atoms with Gasteiger partial charge < -0.3 is 19.7 Å². The lowest BCUT2D eigenvalue weighted by Crippen LogP contribution is -2.46. The van der Waals surface area contributed by atoms with Crippen molar-refractivity contribution in [1.29, 1.82) is 0 Å². The van der Waals surface area contributed by atoms with Crippen molar-refractivity contribution in [2.75, 3.05) is 59.1 Å². The van der Waals surface area contributed by atoms with Crippen LogP contribution in [0.4, 0.5) is 4.39 Å². The molecular formula is C19H30FIN4O2. The summed E-state index contributed by atoms with van der Waals surface area (Å²) >= 11 is 0. The van der Waals surface area contributed by atoms with Gasteiger partial charge in [-0.15, -0.1) is 24.0 Å². The summed E-state index contributed by atoms with van der Waals surface area (Å²) in [6.07, 6.45) is 1.16. The molecule has 152 valence electrons.